The second-order valence-electron chi connectivity index (χ2n) is 5.04. The Morgan fingerprint density at radius 1 is 1.33 bits per heavy atom. The van der Waals surface area contributed by atoms with Crippen molar-refractivity contribution in [2.24, 2.45) is 4.53 Å². The number of nitrogens with zero attached hydrogens (tertiary/aromatic N) is 1. The Hall–Kier alpha value is -2.22. The number of benzene rings is 2. The summed E-state index contributed by atoms with van der Waals surface area (Å²) in [6, 6.07) is 10.4. The van der Waals surface area contributed by atoms with Crippen molar-refractivity contribution in [1.82, 2.24) is 0 Å². The summed E-state index contributed by atoms with van der Waals surface area (Å²) in [7, 11) is 0. The van der Waals surface area contributed by atoms with E-state index in [-0.39, 0.29) is 18.1 Å². The minimum Gasteiger partial charge on any atom is -0.480 e. The van der Waals surface area contributed by atoms with E-state index in [1.165, 1.54) is 24.3 Å². The highest BCUT2D eigenvalue weighted by Gasteiger charge is 2.30. The lowest BCUT2D eigenvalue weighted by atomic mass is 10.0. The van der Waals surface area contributed by atoms with E-state index in [1.54, 1.807) is 18.2 Å². The van der Waals surface area contributed by atoms with Crippen molar-refractivity contribution >= 4 is 39.2 Å². The zero-order valence-electron chi connectivity index (χ0n) is 12.2. The first kappa shape index (κ1) is 16.6. The molecule has 0 radical (unpaired) electrons. The maximum Gasteiger partial charge on any atom is 0.265 e. The Morgan fingerprint density at radius 3 is 2.79 bits per heavy atom. The van der Waals surface area contributed by atoms with Crippen LogP contribution in [0.2, 0.25) is 5.02 Å². The second kappa shape index (κ2) is 7.12. The van der Waals surface area contributed by atoms with E-state index in [0.29, 0.717) is 26.9 Å². The highest BCUT2D eigenvalue weighted by atomic mass is 35.5. The summed E-state index contributed by atoms with van der Waals surface area (Å²) in [6.07, 6.45) is -0.567. The van der Waals surface area contributed by atoms with Gasteiger partial charge in [-0.3, -0.25) is 10.0 Å². The molecule has 1 heterocycles. The van der Waals surface area contributed by atoms with E-state index in [4.69, 9.17) is 21.5 Å². The van der Waals surface area contributed by atoms with Crippen LogP contribution >= 0.6 is 11.6 Å². The summed E-state index contributed by atoms with van der Waals surface area (Å²) in [4.78, 5) is 13.1. The molecule has 2 N–H and O–H groups in total. The fraction of sp³-hybridized carbons (Fsp3) is 0.125. The summed E-state index contributed by atoms with van der Waals surface area (Å²) in [5, 5.41) is 12.0. The molecule has 1 aliphatic heterocycles. The van der Waals surface area contributed by atoms with E-state index >= 15 is 0 Å². The predicted molar refractivity (Wildman–Crippen MR) is 91.2 cm³/mol. The fourth-order valence-corrected chi connectivity index (χ4v) is 3.09. The number of carbonyl (C=O) groups excluding carboxylic acids is 1. The Labute approximate surface area is 145 Å². The third-order valence-corrected chi connectivity index (χ3v) is 4.36. The Balaban J connectivity index is 1.85. The first-order valence-electron chi connectivity index (χ1n) is 6.97. The minimum atomic E-state index is -0.798. The Bertz CT molecular complexity index is 851. The van der Waals surface area contributed by atoms with E-state index in [1.807, 2.05) is 0 Å². The van der Waals surface area contributed by atoms with Crippen molar-refractivity contribution in [3.05, 3.63) is 58.9 Å². The topological polar surface area (TPSA) is 70.9 Å². The largest absolute Gasteiger partial charge is 0.480 e. The van der Waals surface area contributed by atoms with Crippen molar-refractivity contribution in [2.45, 2.75) is 12.5 Å². The lowest BCUT2D eigenvalue weighted by Crippen LogP contribution is -2.38. The van der Waals surface area contributed by atoms with Gasteiger partial charge in [-0.2, -0.15) is 0 Å². The van der Waals surface area contributed by atoms with Crippen molar-refractivity contribution in [3.8, 4) is 5.75 Å². The molecule has 0 aliphatic carbocycles. The van der Waals surface area contributed by atoms with Gasteiger partial charge in [-0.05, 0) is 53.6 Å². The normalized spacial score (nSPS) is 16.0. The number of hydrogen-bond donors (Lipinski definition) is 2. The van der Waals surface area contributed by atoms with Gasteiger partial charge in [0.15, 0.2) is 6.10 Å². The third kappa shape index (κ3) is 3.64. The highest BCUT2D eigenvalue weighted by molar-refractivity contribution is 7.69. The molecule has 3 rings (SSSR count). The molecule has 5 nitrogen and oxygen atoms in total. The highest BCUT2D eigenvalue weighted by Crippen LogP contribution is 2.30. The number of nitrogens with one attached hydrogen (secondary N) is 1. The second-order valence-corrected chi connectivity index (χ2v) is 6.32. The van der Waals surface area contributed by atoms with Crippen molar-refractivity contribution in [3.63, 3.8) is 0 Å². The first-order chi connectivity index (χ1) is 11.6. The molecule has 0 bridgehead atoms. The standard InChI is InChI=1S/C16H12ClFN2O3S/c17-9-1-6-13-12(7-9)15(24-20-22)8-14(23-13)16(21)19-11-4-2-10(18)3-5-11/h1-7,14,22H,8H2,(H,19,21). The number of halogens is 2. The number of fused-ring (bicyclic) bond motifs is 1. The number of carbonyl (C=O) groups is 1. The van der Waals surface area contributed by atoms with Crippen LogP contribution in [-0.2, 0) is 15.9 Å². The number of ether oxygens (including phenoxy) is 1. The summed E-state index contributed by atoms with van der Waals surface area (Å²) in [6.45, 7) is 0. The maximum absolute atomic E-state index is 12.9. The smallest absolute Gasteiger partial charge is 0.265 e. The maximum atomic E-state index is 12.9. The number of anilines is 1. The van der Waals surface area contributed by atoms with Crippen LogP contribution in [0, 0.1) is 5.82 Å². The van der Waals surface area contributed by atoms with Gasteiger partial charge in [0.1, 0.15) is 11.6 Å². The molecule has 0 spiro atoms. The summed E-state index contributed by atoms with van der Waals surface area (Å²) in [5.41, 5.74) is 1.16. The van der Waals surface area contributed by atoms with Crippen LogP contribution in [0.1, 0.15) is 12.0 Å². The molecule has 0 saturated carbocycles. The SMILES string of the molecule is O=C(Nc1ccc(F)cc1)C1CC(=S=NO)c2cc(Cl)ccc2O1. The van der Waals surface area contributed by atoms with Gasteiger partial charge in [0.05, 0.1) is 0 Å². The number of hydrogen-bond acceptors (Lipinski definition) is 3. The third-order valence-electron chi connectivity index (χ3n) is 3.44. The molecule has 1 amide bonds. The van der Waals surface area contributed by atoms with Gasteiger partial charge >= 0.3 is 0 Å². The zero-order valence-corrected chi connectivity index (χ0v) is 13.8. The quantitative estimate of drug-likeness (QED) is 0.631. The van der Waals surface area contributed by atoms with E-state index in [2.05, 4.69) is 9.84 Å². The van der Waals surface area contributed by atoms with Gasteiger partial charge in [-0.25, -0.2) is 4.39 Å². The summed E-state index contributed by atoms with van der Waals surface area (Å²) in [5.74, 6) is -0.279. The molecule has 24 heavy (non-hydrogen) atoms. The Morgan fingerprint density at radius 2 is 2.08 bits per heavy atom. The molecular weight excluding hydrogens is 355 g/mol. The van der Waals surface area contributed by atoms with Crippen molar-refractivity contribution < 1.29 is 19.1 Å². The first-order valence-corrected chi connectivity index (χ1v) is 8.12. The molecule has 0 saturated heterocycles. The molecule has 1 aliphatic rings. The molecule has 2 aromatic rings. The van der Waals surface area contributed by atoms with E-state index in [0.717, 1.165) is 11.1 Å². The van der Waals surface area contributed by atoms with Crippen LogP contribution in [0.5, 0.6) is 5.75 Å². The molecule has 1 atom stereocenters. The van der Waals surface area contributed by atoms with Crippen LogP contribution in [0.3, 0.4) is 0 Å². The average Bonchev–Trinajstić information content (AvgIpc) is 2.57. The van der Waals surface area contributed by atoms with Gasteiger partial charge in [0.25, 0.3) is 5.91 Å². The monoisotopic (exact) mass is 366 g/mol. The predicted octanol–water partition coefficient (Wildman–Crippen LogP) is 3.44. The van der Waals surface area contributed by atoms with Gasteiger partial charge < -0.3 is 10.1 Å². The van der Waals surface area contributed by atoms with E-state index < -0.39 is 6.10 Å². The van der Waals surface area contributed by atoms with Gasteiger partial charge in [0, 0.05) is 27.6 Å². The fourth-order valence-electron chi connectivity index (χ4n) is 2.33. The summed E-state index contributed by atoms with van der Waals surface area (Å²) < 4.78 is 21.7. The van der Waals surface area contributed by atoms with Crippen LogP contribution < -0.4 is 10.1 Å². The Kier molecular flexibility index (Phi) is 4.94. The van der Waals surface area contributed by atoms with Crippen molar-refractivity contribution in [1.29, 1.82) is 0 Å². The molecule has 124 valence electrons. The average molecular weight is 367 g/mol. The number of rotatable bonds is 2. The molecule has 0 fully saturated rings. The minimum absolute atomic E-state index is 0.231. The number of amides is 1. The molecule has 8 heteroatoms. The molecular formula is C16H12ClFN2O3S. The lowest BCUT2D eigenvalue weighted by molar-refractivity contribution is -0.122. The van der Waals surface area contributed by atoms with Crippen LogP contribution in [-0.4, -0.2) is 22.1 Å². The molecule has 0 aromatic heterocycles. The van der Waals surface area contributed by atoms with Gasteiger partial charge in [-0.1, -0.05) is 16.1 Å². The van der Waals surface area contributed by atoms with E-state index in [9.17, 15) is 9.18 Å². The molecule has 1 unspecified atom stereocenters. The van der Waals surface area contributed by atoms with Crippen molar-refractivity contribution in [2.75, 3.05) is 5.32 Å². The molecule has 2 aromatic carbocycles. The van der Waals surface area contributed by atoms with Crippen LogP contribution in [0.15, 0.2) is 47.0 Å². The van der Waals surface area contributed by atoms with Crippen LogP contribution in [0.4, 0.5) is 10.1 Å². The lowest BCUT2D eigenvalue weighted by Gasteiger charge is -2.26. The van der Waals surface area contributed by atoms with Gasteiger partial charge in [-0.15, -0.1) is 0 Å². The van der Waals surface area contributed by atoms with Gasteiger partial charge in [0.2, 0.25) is 0 Å². The summed E-state index contributed by atoms with van der Waals surface area (Å²) >= 11 is 6.84. The van der Waals surface area contributed by atoms with Crippen LogP contribution in [0.25, 0.3) is 0 Å². The zero-order chi connectivity index (χ0) is 17.1.